The van der Waals surface area contributed by atoms with Gasteiger partial charge in [0.15, 0.2) is 0 Å². The smallest absolute Gasteiger partial charge is 0.127 e. The zero-order chi connectivity index (χ0) is 9.47. The summed E-state index contributed by atoms with van der Waals surface area (Å²) in [4.78, 5) is 0. The van der Waals surface area contributed by atoms with Gasteiger partial charge in [-0.25, -0.2) is 4.39 Å². The Morgan fingerprint density at radius 3 is 2.57 bits per heavy atom. The van der Waals surface area contributed by atoms with Crippen LogP contribution in [0.1, 0.15) is 18.4 Å². The van der Waals surface area contributed by atoms with Crippen LogP contribution in [-0.2, 0) is 6.42 Å². The molecule has 0 aromatic heterocycles. The first kappa shape index (κ1) is 12.0. The SMILES string of the molecule is Cl.NC1(Cc2ccc(Br)cc2F)CC1. The van der Waals surface area contributed by atoms with Crippen molar-refractivity contribution in [3.8, 4) is 0 Å². The molecule has 0 atom stereocenters. The summed E-state index contributed by atoms with van der Waals surface area (Å²) in [6.45, 7) is 0. The van der Waals surface area contributed by atoms with E-state index >= 15 is 0 Å². The van der Waals surface area contributed by atoms with Gasteiger partial charge in [0, 0.05) is 10.0 Å². The van der Waals surface area contributed by atoms with Crippen LogP contribution >= 0.6 is 28.3 Å². The van der Waals surface area contributed by atoms with E-state index < -0.39 is 0 Å². The summed E-state index contributed by atoms with van der Waals surface area (Å²) < 4.78 is 14.1. The minimum atomic E-state index is -0.161. The maximum atomic E-state index is 13.3. The Hall–Kier alpha value is -0.120. The average molecular weight is 281 g/mol. The first-order chi connectivity index (χ1) is 6.09. The molecular weight excluding hydrogens is 268 g/mol. The highest BCUT2D eigenvalue weighted by Crippen LogP contribution is 2.36. The van der Waals surface area contributed by atoms with Crippen molar-refractivity contribution in [2.24, 2.45) is 5.73 Å². The van der Waals surface area contributed by atoms with Gasteiger partial charge in [0.25, 0.3) is 0 Å². The van der Waals surface area contributed by atoms with Gasteiger partial charge in [0.1, 0.15) is 5.82 Å². The van der Waals surface area contributed by atoms with Crippen molar-refractivity contribution >= 4 is 28.3 Å². The second kappa shape index (κ2) is 4.17. The molecule has 78 valence electrons. The Bertz CT molecular complexity index is 339. The van der Waals surface area contributed by atoms with Crippen LogP contribution in [-0.4, -0.2) is 5.54 Å². The predicted molar refractivity (Wildman–Crippen MR) is 61.2 cm³/mol. The first-order valence-corrected chi connectivity index (χ1v) is 5.11. The monoisotopic (exact) mass is 279 g/mol. The molecule has 0 bridgehead atoms. The van der Waals surface area contributed by atoms with Gasteiger partial charge in [-0.1, -0.05) is 22.0 Å². The molecule has 1 nitrogen and oxygen atoms in total. The molecule has 0 amide bonds. The molecule has 1 fully saturated rings. The Labute approximate surface area is 97.4 Å². The molecule has 1 saturated carbocycles. The van der Waals surface area contributed by atoms with E-state index in [9.17, 15) is 4.39 Å². The maximum absolute atomic E-state index is 13.3. The average Bonchev–Trinajstić information content (AvgIpc) is 2.75. The molecule has 1 aliphatic carbocycles. The second-order valence-electron chi connectivity index (χ2n) is 3.77. The summed E-state index contributed by atoms with van der Waals surface area (Å²) >= 11 is 3.22. The molecular formula is C10H12BrClFN. The normalized spacial score (nSPS) is 17.4. The standard InChI is InChI=1S/C10H11BrFN.ClH/c11-8-2-1-7(9(12)5-8)6-10(13)3-4-10;/h1-2,5H,3-4,6,13H2;1H. The minimum absolute atomic E-state index is 0. The van der Waals surface area contributed by atoms with Gasteiger partial charge in [-0.2, -0.15) is 0 Å². The van der Waals surface area contributed by atoms with Gasteiger partial charge in [-0.3, -0.25) is 0 Å². The topological polar surface area (TPSA) is 26.0 Å². The van der Waals surface area contributed by atoms with Crippen molar-refractivity contribution in [3.63, 3.8) is 0 Å². The van der Waals surface area contributed by atoms with Crippen LogP contribution < -0.4 is 5.73 Å². The van der Waals surface area contributed by atoms with Crippen molar-refractivity contribution in [3.05, 3.63) is 34.1 Å². The number of hydrogen-bond acceptors (Lipinski definition) is 1. The van der Waals surface area contributed by atoms with E-state index in [-0.39, 0.29) is 23.8 Å². The maximum Gasteiger partial charge on any atom is 0.127 e. The molecule has 4 heteroatoms. The summed E-state index contributed by atoms with van der Waals surface area (Å²) in [6, 6.07) is 5.14. The molecule has 2 N–H and O–H groups in total. The van der Waals surface area contributed by atoms with Crippen LogP contribution in [0.5, 0.6) is 0 Å². The Kier molecular flexibility index (Phi) is 3.56. The van der Waals surface area contributed by atoms with Crippen molar-refractivity contribution in [2.75, 3.05) is 0 Å². The highest BCUT2D eigenvalue weighted by Gasteiger charge is 2.38. The Morgan fingerprint density at radius 1 is 1.43 bits per heavy atom. The van der Waals surface area contributed by atoms with E-state index in [1.807, 2.05) is 6.07 Å². The van der Waals surface area contributed by atoms with E-state index in [1.165, 1.54) is 6.07 Å². The van der Waals surface area contributed by atoms with Crippen LogP contribution in [0.25, 0.3) is 0 Å². The lowest BCUT2D eigenvalue weighted by Crippen LogP contribution is -2.24. The van der Waals surface area contributed by atoms with Gasteiger partial charge in [0.05, 0.1) is 0 Å². The van der Waals surface area contributed by atoms with Crippen molar-refractivity contribution in [1.82, 2.24) is 0 Å². The summed E-state index contributed by atoms with van der Waals surface area (Å²) in [5.41, 5.74) is 6.52. The van der Waals surface area contributed by atoms with Crippen molar-refractivity contribution in [1.29, 1.82) is 0 Å². The third-order valence-electron chi connectivity index (χ3n) is 2.45. The Morgan fingerprint density at radius 2 is 2.07 bits per heavy atom. The highest BCUT2D eigenvalue weighted by molar-refractivity contribution is 9.10. The van der Waals surface area contributed by atoms with Crippen molar-refractivity contribution < 1.29 is 4.39 Å². The van der Waals surface area contributed by atoms with Crippen LogP contribution in [0.3, 0.4) is 0 Å². The van der Waals surface area contributed by atoms with Gasteiger partial charge in [-0.05, 0) is 37.0 Å². The summed E-state index contributed by atoms with van der Waals surface area (Å²) in [6.07, 6.45) is 2.69. The molecule has 0 unspecified atom stereocenters. The molecule has 0 saturated heterocycles. The van der Waals surface area contributed by atoms with Crippen LogP contribution in [0.4, 0.5) is 4.39 Å². The molecule has 0 spiro atoms. The zero-order valence-electron chi connectivity index (χ0n) is 7.59. The summed E-state index contributed by atoms with van der Waals surface area (Å²) in [7, 11) is 0. The fraction of sp³-hybridized carbons (Fsp3) is 0.400. The first-order valence-electron chi connectivity index (χ1n) is 4.32. The molecule has 0 radical (unpaired) electrons. The van der Waals surface area contributed by atoms with Crippen LogP contribution in [0.2, 0.25) is 0 Å². The van der Waals surface area contributed by atoms with Gasteiger partial charge in [-0.15, -0.1) is 12.4 Å². The van der Waals surface area contributed by atoms with E-state index in [0.717, 1.165) is 22.9 Å². The van der Waals surface area contributed by atoms with Crippen LogP contribution in [0, 0.1) is 5.82 Å². The van der Waals surface area contributed by atoms with E-state index in [2.05, 4.69) is 15.9 Å². The lowest BCUT2D eigenvalue weighted by atomic mass is 10.0. The van der Waals surface area contributed by atoms with E-state index in [0.29, 0.717) is 6.42 Å². The third kappa shape index (κ3) is 2.69. The lowest BCUT2D eigenvalue weighted by Gasteiger charge is -2.09. The van der Waals surface area contributed by atoms with Crippen molar-refractivity contribution in [2.45, 2.75) is 24.8 Å². The lowest BCUT2D eigenvalue weighted by molar-refractivity contribution is 0.582. The molecule has 0 aliphatic heterocycles. The molecule has 2 rings (SSSR count). The zero-order valence-corrected chi connectivity index (χ0v) is 10.00. The minimum Gasteiger partial charge on any atom is -0.325 e. The molecule has 1 aromatic carbocycles. The number of hydrogen-bond donors (Lipinski definition) is 1. The molecule has 1 aliphatic rings. The van der Waals surface area contributed by atoms with Gasteiger partial charge in [0.2, 0.25) is 0 Å². The molecule has 14 heavy (non-hydrogen) atoms. The summed E-state index contributed by atoms with van der Waals surface area (Å²) in [5, 5.41) is 0. The molecule has 0 heterocycles. The highest BCUT2D eigenvalue weighted by atomic mass is 79.9. The molecule has 1 aromatic rings. The van der Waals surface area contributed by atoms with E-state index in [4.69, 9.17) is 5.73 Å². The van der Waals surface area contributed by atoms with Gasteiger partial charge < -0.3 is 5.73 Å². The number of rotatable bonds is 2. The van der Waals surface area contributed by atoms with Gasteiger partial charge >= 0.3 is 0 Å². The third-order valence-corrected chi connectivity index (χ3v) is 2.94. The quantitative estimate of drug-likeness (QED) is 0.885. The Balaban J connectivity index is 0.000000980. The largest absolute Gasteiger partial charge is 0.325 e. The summed E-state index contributed by atoms with van der Waals surface area (Å²) in [5.74, 6) is -0.161. The number of nitrogens with two attached hydrogens (primary N) is 1. The number of halogens is 3. The van der Waals surface area contributed by atoms with Crippen LogP contribution in [0.15, 0.2) is 22.7 Å². The number of benzene rings is 1. The predicted octanol–water partition coefficient (Wildman–Crippen LogP) is 3.04. The van der Waals surface area contributed by atoms with E-state index in [1.54, 1.807) is 6.07 Å². The fourth-order valence-corrected chi connectivity index (χ4v) is 1.71. The second-order valence-corrected chi connectivity index (χ2v) is 4.69. The fourth-order valence-electron chi connectivity index (χ4n) is 1.38.